The zero-order chi connectivity index (χ0) is 14.1. The van der Waals surface area contributed by atoms with Crippen molar-refractivity contribution in [2.24, 2.45) is 0 Å². The smallest absolute Gasteiger partial charge is 0.161 e. The normalized spacial score (nSPS) is 21.6. The van der Waals surface area contributed by atoms with E-state index >= 15 is 0 Å². The molecule has 1 aromatic carbocycles. The Morgan fingerprint density at radius 1 is 1.24 bits per heavy atom. The van der Waals surface area contributed by atoms with Crippen LogP contribution in [0.15, 0.2) is 29.8 Å². The van der Waals surface area contributed by atoms with Gasteiger partial charge < -0.3 is 9.47 Å². The summed E-state index contributed by atoms with van der Waals surface area (Å²) < 4.78 is 11.3. The van der Waals surface area contributed by atoms with Gasteiger partial charge in [-0.3, -0.25) is 4.90 Å². The SMILES string of the molecule is c1csc(CN2CCC[C@@H]2c2ccc3c(c2)OCCO3)n1. The van der Waals surface area contributed by atoms with E-state index in [0.717, 1.165) is 24.6 Å². The van der Waals surface area contributed by atoms with Crippen molar-refractivity contribution in [3.05, 3.63) is 40.3 Å². The van der Waals surface area contributed by atoms with Gasteiger partial charge in [0.25, 0.3) is 0 Å². The Kier molecular flexibility index (Phi) is 3.53. The highest BCUT2D eigenvalue weighted by Crippen LogP contribution is 2.38. The van der Waals surface area contributed by atoms with Crippen LogP contribution in [-0.4, -0.2) is 29.6 Å². The maximum absolute atomic E-state index is 5.71. The van der Waals surface area contributed by atoms with Gasteiger partial charge in [0.1, 0.15) is 18.2 Å². The van der Waals surface area contributed by atoms with E-state index in [1.54, 1.807) is 11.3 Å². The first-order valence-electron chi connectivity index (χ1n) is 7.42. The molecule has 1 fully saturated rings. The standard InChI is InChI=1S/C16H18N2O2S/c1-2-13(18(6-1)11-16-17-5-9-21-16)12-3-4-14-15(10-12)20-8-7-19-14/h3-5,9-10,13H,1-2,6-8,11H2/t13-/m1/s1. The van der Waals surface area contributed by atoms with Crippen LogP contribution >= 0.6 is 11.3 Å². The van der Waals surface area contributed by atoms with E-state index in [4.69, 9.17) is 9.47 Å². The molecule has 1 atom stereocenters. The van der Waals surface area contributed by atoms with E-state index in [-0.39, 0.29) is 0 Å². The van der Waals surface area contributed by atoms with Crippen LogP contribution in [0.2, 0.25) is 0 Å². The zero-order valence-corrected chi connectivity index (χ0v) is 12.6. The number of fused-ring (bicyclic) bond motifs is 1. The lowest BCUT2D eigenvalue weighted by molar-refractivity contribution is 0.170. The van der Waals surface area contributed by atoms with Gasteiger partial charge in [0.15, 0.2) is 11.5 Å². The third-order valence-electron chi connectivity index (χ3n) is 4.14. The van der Waals surface area contributed by atoms with Crippen molar-refractivity contribution in [1.29, 1.82) is 0 Å². The van der Waals surface area contributed by atoms with Crippen molar-refractivity contribution < 1.29 is 9.47 Å². The van der Waals surface area contributed by atoms with E-state index in [1.165, 1.54) is 23.4 Å². The van der Waals surface area contributed by atoms with Gasteiger partial charge in [-0.15, -0.1) is 11.3 Å². The highest BCUT2D eigenvalue weighted by Gasteiger charge is 2.27. The maximum atomic E-state index is 5.71. The molecule has 1 aromatic heterocycles. The Hall–Kier alpha value is -1.59. The monoisotopic (exact) mass is 302 g/mol. The summed E-state index contributed by atoms with van der Waals surface area (Å²) in [6.45, 7) is 3.37. The minimum absolute atomic E-state index is 0.463. The predicted molar refractivity (Wildman–Crippen MR) is 81.9 cm³/mol. The summed E-state index contributed by atoms with van der Waals surface area (Å²) in [5.74, 6) is 1.76. The molecule has 0 unspecified atom stereocenters. The molecule has 4 nitrogen and oxygen atoms in total. The van der Waals surface area contributed by atoms with Gasteiger partial charge in [0.2, 0.25) is 0 Å². The molecule has 110 valence electrons. The molecule has 0 amide bonds. The number of aromatic nitrogens is 1. The highest BCUT2D eigenvalue weighted by atomic mass is 32.1. The molecule has 2 aliphatic rings. The number of hydrogen-bond acceptors (Lipinski definition) is 5. The molecule has 1 saturated heterocycles. The molecular formula is C16H18N2O2S. The predicted octanol–water partition coefficient (Wildman–Crippen LogP) is 3.25. The number of rotatable bonds is 3. The molecule has 5 heteroatoms. The lowest BCUT2D eigenvalue weighted by Gasteiger charge is -2.25. The second kappa shape index (κ2) is 5.66. The summed E-state index contributed by atoms with van der Waals surface area (Å²) in [6.07, 6.45) is 4.32. The minimum atomic E-state index is 0.463. The summed E-state index contributed by atoms with van der Waals surface area (Å²) in [7, 11) is 0. The summed E-state index contributed by atoms with van der Waals surface area (Å²) >= 11 is 1.73. The fourth-order valence-electron chi connectivity index (χ4n) is 3.16. The van der Waals surface area contributed by atoms with Gasteiger partial charge in [-0.1, -0.05) is 6.07 Å². The molecule has 2 aliphatic heterocycles. The maximum Gasteiger partial charge on any atom is 0.161 e. The fraction of sp³-hybridized carbons (Fsp3) is 0.438. The molecule has 21 heavy (non-hydrogen) atoms. The fourth-order valence-corrected chi connectivity index (χ4v) is 3.81. The van der Waals surface area contributed by atoms with Crippen molar-refractivity contribution in [3.8, 4) is 11.5 Å². The van der Waals surface area contributed by atoms with Crippen LogP contribution in [0.3, 0.4) is 0 Å². The van der Waals surface area contributed by atoms with Crippen LogP contribution in [0.5, 0.6) is 11.5 Å². The first-order valence-corrected chi connectivity index (χ1v) is 8.30. The summed E-state index contributed by atoms with van der Waals surface area (Å²) in [5.41, 5.74) is 1.33. The summed E-state index contributed by atoms with van der Waals surface area (Å²) in [4.78, 5) is 6.93. The molecule has 0 bridgehead atoms. The van der Waals surface area contributed by atoms with Crippen LogP contribution in [-0.2, 0) is 6.54 Å². The molecule has 2 aromatic rings. The third kappa shape index (κ3) is 2.63. The minimum Gasteiger partial charge on any atom is -0.486 e. The average Bonchev–Trinajstić information content (AvgIpc) is 3.19. The van der Waals surface area contributed by atoms with Gasteiger partial charge in [-0.05, 0) is 37.1 Å². The van der Waals surface area contributed by atoms with Crippen molar-refractivity contribution in [2.45, 2.75) is 25.4 Å². The number of hydrogen-bond donors (Lipinski definition) is 0. The van der Waals surface area contributed by atoms with Gasteiger partial charge >= 0.3 is 0 Å². The van der Waals surface area contributed by atoms with Crippen LogP contribution in [0.4, 0.5) is 0 Å². The zero-order valence-electron chi connectivity index (χ0n) is 11.8. The second-order valence-electron chi connectivity index (χ2n) is 5.46. The molecule has 3 heterocycles. The van der Waals surface area contributed by atoms with Crippen LogP contribution < -0.4 is 9.47 Å². The molecule has 0 N–H and O–H groups in total. The second-order valence-corrected chi connectivity index (χ2v) is 6.44. The Morgan fingerprint density at radius 3 is 3.00 bits per heavy atom. The Bertz CT molecular complexity index is 615. The average molecular weight is 302 g/mol. The number of likely N-dealkylation sites (tertiary alicyclic amines) is 1. The molecular weight excluding hydrogens is 284 g/mol. The van der Waals surface area contributed by atoms with Crippen molar-refractivity contribution in [2.75, 3.05) is 19.8 Å². The van der Waals surface area contributed by atoms with Crippen molar-refractivity contribution in [3.63, 3.8) is 0 Å². The molecule has 4 rings (SSSR count). The van der Waals surface area contributed by atoms with Gasteiger partial charge in [-0.2, -0.15) is 0 Å². The number of nitrogens with zero attached hydrogens (tertiary/aromatic N) is 2. The van der Waals surface area contributed by atoms with E-state index in [9.17, 15) is 0 Å². The van der Waals surface area contributed by atoms with Crippen LogP contribution in [0, 0.1) is 0 Å². The highest BCUT2D eigenvalue weighted by molar-refractivity contribution is 7.09. The van der Waals surface area contributed by atoms with Crippen LogP contribution in [0.25, 0.3) is 0 Å². The van der Waals surface area contributed by atoms with E-state index < -0.39 is 0 Å². The number of benzene rings is 1. The van der Waals surface area contributed by atoms with Gasteiger partial charge in [0, 0.05) is 17.6 Å². The molecule has 0 spiro atoms. The Labute approximate surface area is 128 Å². The lowest BCUT2D eigenvalue weighted by atomic mass is 10.0. The third-order valence-corrected chi connectivity index (χ3v) is 4.90. The first-order chi connectivity index (χ1) is 10.4. The quantitative estimate of drug-likeness (QED) is 0.871. The van der Waals surface area contributed by atoms with E-state index in [1.807, 2.05) is 17.6 Å². The molecule has 0 saturated carbocycles. The first kappa shape index (κ1) is 13.1. The van der Waals surface area contributed by atoms with Gasteiger partial charge in [0.05, 0.1) is 6.54 Å². The van der Waals surface area contributed by atoms with Crippen molar-refractivity contribution in [1.82, 2.24) is 9.88 Å². The molecule has 0 aliphatic carbocycles. The number of thiazole rings is 1. The van der Waals surface area contributed by atoms with E-state index in [0.29, 0.717) is 19.3 Å². The summed E-state index contributed by atoms with van der Waals surface area (Å²) in [6, 6.07) is 6.84. The van der Waals surface area contributed by atoms with Gasteiger partial charge in [-0.25, -0.2) is 4.98 Å². The number of ether oxygens (including phenoxy) is 2. The lowest BCUT2D eigenvalue weighted by Crippen LogP contribution is -2.23. The molecule has 0 radical (unpaired) electrons. The van der Waals surface area contributed by atoms with Crippen LogP contribution in [0.1, 0.15) is 29.5 Å². The van der Waals surface area contributed by atoms with Crippen molar-refractivity contribution >= 4 is 11.3 Å². The van der Waals surface area contributed by atoms with E-state index in [2.05, 4.69) is 22.0 Å². The largest absolute Gasteiger partial charge is 0.486 e. The Balaban J connectivity index is 1.56. The Morgan fingerprint density at radius 2 is 2.14 bits per heavy atom. The topological polar surface area (TPSA) is 34.6 Å². The summed E-state index contributed by atoms with van der Waals surface area (Å²) in [5, 5.41) is 3.24.